The summed E-state index contributed by atoms with van der Waals surface area (Å²) >= 11 is 0. The van der Waals surface area contributed by atoms with Gasteiger partial charge in [-0.3, -0.25) is 4.79 Å². The molecule has 122 valence electrons. The van der Waals surface area contributed by atoms with Gasteiger partial charge in [-0.2, -0.15) is 0 Å². The van der Waals surface area contributed by atoms with Crippen LogP contribution in [0.4, 0.5) is 5.69 Å². The summed E-state index contributed by atoms with van der Waals surface area (Å²) in [6, 6.07) is 14.8. The summed E-state index contributed by atoms with van der Waals surface area (Å²) in [4.78, 5) is 12.1. The average molecular weight is 323 g/mol. The zero-order valence-corrected chi connectivity index (χ0v) is 13.4. The lowest BCUT2D eigenvalue weighted by molar-refractivity contribution is -0.115. The number of nitrogens with one attached hydrogen (secondary N) is 1. The van der Waals surface area contributed by atoms with Crippen molar-refractivity contribution < 1.29 is 9.53 Å². The highest BCUT2D eigenvalue weighted by Crippen LogP contribution is 2.18. The molecule has 0 radical (unpaired) electrons. The molecule has 3 aromatic rings. The smallest absolute Gasteiger partial charge is 0.228 e. The van der Waals surface area contributed by atoms with Gasteiger partial charge in [0.25, 0.3) is 0 Å². The fraction of sp³-hybridized carbons (Fsp3) is 0.176. The van der Waals surface area contributed by atoms with E-state index in [1.807, 2.05) is 48.5 Å². The molecule has 2 aromatic carbocycles. The van der Waals surface area contributed by atoms with Gasteiger partial charge in [0, 0.05) is 18.3 Å². The highest BCUT2D eigenvalue weighted by Gasteiger charge is 2.07. The fourth-order valence-electron chi connectivity index (χ4n) is 2.31. The number of methoxy groups -OCH3 is 1. The number of hydrogen-bond acceptors (Lipinski definition) is 5. The van der Waals surface area contributed by atoms with Crippen LogP contribution in [-0.2, 0) is 18.3 Å². The minimum absolute atomic E-state index is 0.0757. The number of hydrogen-bond donors (Lipinski definition) is 1. The van der Waals surface area contributed by atoms with Crippen LogP contribution in [-0.4, -0.2) is 33.2 Å². The van der Waals surface area contributed by atoms with Gasteiger partial charge in [0.2, 0.25) is 5.91 Å². The van der Waals surface area contributed by atoms with E-state index in [0.717, 1.165) is 22.6 Å². The van der Waals surface area contributed by atoms with Crippen LogP contribution in [0.25, 0.3) is 11.4 Å². The van der Waals surface area contributed by atoms with E-state index in [-0.39, 0.29) is 5.91 Å². The average Bonchev–Trinajstić information content (AvgIpc) is 3.02. The molecule has 1 heterocycles. The van der Waals surface area contributed by atoms with Gasteiger partial charge >= 0.3 is 0 Å². The normalized spacial score (nSPS) is 10.4. The molecule has 7 heteroatoms. The Morgan fingerprint density at radius 3 is 2.42 bits per heavy atom. The summed E-state index contributed by atoms with van der Waals surface area (Å²) in [5.74, 6) is 1.37. The summed E-state index contributed by atoms with van der Waals surface area (Å²) in [7, 11) is 3.39. The van der Waals surface area contributed by atoms with Crippen molar-refractivity contribution in [3.05, 3.63) is 54.1 Å². The first kappa shape index (κ1) is 15.7. The first-order valence-corrected chi connectivity index (χ1v) is 7.41. The van der Waals surface area contributed by atoms with E-state index >= 15 is 0 Å². The summed E-state index contributed by atoms with van der Waals surface area (Å²) in [6.45, 7) is 0. The number of anilines is 1. The summed E-state index contributed by atoms with van der Waals surface area (Å²) in [6.07, 6.45) is 0.305. The van der Waals surface area contributed by atoms with Crippen LogP contribution < -0.4 is 10.1 Å². The topological polar surface area (TPSA) is 81.9 Å². The number of carbonyl (C=O) groups is 1. The van der Waals surface area contributed by atoms with Crippen molar-refractivity contribution in [3.8, 4) is 17.1 Å². The van der Waals surface area contributed by atoms with E-state index < -0.39 is 0 Å². The van der Waals surface area contributed by atoms with E-state index in [4.69, 9.17) is 4.74 Å². The SMILES string of the molecule is COc1ccc(CC(=O)Nc2ccc(-c3nnnn3C)cc2)cc1. The summed E-state index contributed by atoms with van der Waals surface area (Å²) < 4.78 is 6.70. The van der Waals surface area contributed by atoms with Gasteiger partial charge < -0.3 is 10.1 Å². The number of benzene rings is 2. The Bertz CT molecular complexity index is 825. The van der Waals surface area contributed by atoms with Gasteiger partial charge in [-0.25, -0.2) is 4.68 Å². The molecule has 0 atom stereocenters. The van der Waals surface area contributed by atoms with Crippen LogP contribution in [0.1, 0.15) is 5.56 Å². The number of tetrazole rings is 1. The molecular weight excluding hydrogens is 306 g/mol. The van der Waals surface area contributed by atoms with Crippen LogP contribution in [0, 0.1) is 0 Å². The minimum atomic E-state index is -0.0757. The van der Waals surface area contributed by atoms with Gasteiger partial charge in [0.05, 0.1) is 13.5 Å². The molecule has 0 spiro atoms. The predicted molar refractivity (Wildman–Crippen MR) is 89.6 cm³/mol. The van der Waals surface area contributed by atoms with E-state index in [1.54, 1.807) is 18.8 Å². The number of carbonyl (C=O) groups excluding carboxylic acids is 1. The van der Waals surface area contributed by atoms with Crippen molar-refractivity contribution in [1.82, 2.24) is 20.2 Å². The Balaban J connectivity index is 1.63. The quantitative estimate of drug-likeness (QED) is 0.777. The highest BCUT2D eigenvalue weighted by atomic mass is 16.5. The maximum absolute atomic E-state index is 12.1. The molecule has 1 amide bonds. The lowest BCUT2D eigenvalue weighted by Gasteiger charge is -2.07. The molecule has 0 unspecified atom stereocenters. The summed E-state index contributed by atoms with van der Waals surface area (Å²) in [5.41, 5.74) is 2.54. The van der Waals surface area contributed by atoms with E-state index in [1.165, 1.54) is 0 Å². The Morgan fingerprint density at radius 1 is 1.12 bits per heavy atom. The molecule has 0 saturated carbocycles. The Kier molecular flexibility index (Phi) is 4.51. The second-order valence-corrected chi connectivity index (χ2v) is 5.28. The Hall–Kier alpha value is -3.22. The lowest BCUT2D eigenvalue weighted by atomic mass is 10.1. The van der Waals surface area contributed by atoms with Gasteiger partial charge in [-0.1, -0.05) is 12.1 Å². The fourth-order valence-corrected chi connectivity index (χ4v) is 2.31. The molecule has 0 saturated heterocycles. The number of ether oxygens (including phenoxy) is 1. The van der Waals surface area contributed by atoms with Gasteiger partial charge in [-0.15, -0.1) is 5.10 Å². The third kappa shape index (κ3) is 3.57. The highest BCUT2D eigenvalue weighted by molar-refractivity contribution is 5.92. The van der Waals surface area contributed by atoms with Crippen molar-refractivity contribution in [3.63, 3.8) is 0 Å². The van der Waals surface area contributed by atoms with Gasteiger partial charge in [0.15, 0.2) is 5.82 Å². The Labute approximate surface area is 139 Å². The molecule has 0 aliphatic carbocycles. The summed E-state index contributed by atoms with van der Waals surface area (Å²) in [5, 5.41) is 14.2. The van der Waals surface area contributed by atoms with Crippen LogP contribution in [0.15, 0.2) is 48.5 Å². The number of nitrogens with zero attached hydrogens (tertiary/aromatic N) is 4. The van der Waals surface area contributed by atoms with Crippen LogP contribution in [0.5, 0.6) is 5.75 Å². The molecule has 1 aromatic heterocycles. The lowest BCUT2D eigenvalue weighted by Crippen LogP contribution is -2.14. The molecule has 0 aliphatic rings. The third-order valence-electron chi connectivity index (χ3n) is 3.57. The van der Waals surface area contributed by atoms with Crippen molar-refractivity contribution in [2.45, 2.75) is 6.42 Å². The predicted octanol–water partition coefficient (Wildman–Crippen LogP) is 2.07. The molecule has 1 N–H and O–H groups in total. The maximum atomic E-state index is 12.1. The monoisotopic (exact) mass is 323 g/mol. The second-order valence-electron chi connectivity index (χ2n) is 5.28. The first-order chi connectivity index (χ1) is 11.7. The van der Waals surface area contributed by atoms with E-state index in [2.05, 4.69) is 20.8 Å². The molecule has 7 nitrogen and oxygen atoms in total. The van der Waals surface area contributed by atoms with Crippen LogP contribution in [0.2, 0.25) is 0 Å². The van der Waals surface area contributed by atoms with Crippen molar-refractivity contribution in [2.75, 3.05) is 12.4 Å². The largest absolute Gasteiger partial charge is 0.497 e. The number of amides is 1. The second kappa shape index (κ2) is 6.91. The molecule has 0 bridgehead atoms. The molecule has 24 heavy (non-hydrogen) atoms. The third-order valence-corrected chi connectivity index (χ3v) is 3.57. The standard InChI is InChI=1S/C17H17N5O2/c1-22-17(19-20-21-22)13-5-7-14(8-6-13)18-16(23)11-12-3-9-15(24-2)10-4-12/h3-10H,11H2,1-2H3,(H,18,23). The number of aryl methyl sites for hydroxylation is 1. The van der Waals surface area contributed by atoms with E-state index in [9.17, 15) is 4.79 Å². The molecule has 0 aliphatic heterocycles. The molecule has 3 rings (SSSR count). The van der Waals surface area contributed by atoms with Crippen LogP contribution in [0.3, 0.4) is 0 Å². The number of aromatic nitrogens is 4. The van der Waals surface area contributed by atoms with Crippen molar-refractivity contribution in [1.29, 1.82) is 0 Å². The maximum Gasteiger partial charge on any atom is 0.228 e. The zero-order chi connectivity index (χ0) is 16.9. The zero-order valence-electron chi connectivity index (χ0n) is 13.4. The Morgan fingerprint density at radius 2 is 1.83 bits per heavy atom. The van der Waals surface area contributed by atoms with Gasteiger partial charge in [-0.05, 0) is 52.4 Å². The van der Waals surface area contributed by atoms with Crippen molar-refractivity contribution >= 4 is 11.6 Å². The minimum Gasteiger partial charge on any atom is -0.497 e. The van der Waals surface area contributed by atoms with Gasteiger partial charge in [0.1, 0.15) is 5.75 Å². The number of rotatable bonds is 5. The molecule has 0 fully saturated rings. The van der Waals surface area contributed by atoms with E-state index in [0.29, 0.717) is 12.2 Å². The van der Waals surface area contributed by atoms with Crippen LogP contribution >= 0.6 is 0 Å². The molecular formula is C17H17N5O2. The first-order valence-electron chi connectivity index (χ1n) is 7.41. The van der Waals surface area contributed by atoms with Crippen molar-refractivity contribution in [2.24, 2.45) is 7.05 Å².